The molecule has 24 heavy (non-hydrogen) atoms. The molecule has 1 N–H and O–H groups in total. The quantitative estimate of drug-likeness (QED) is 0.812. The van der Waals surface area contributed by atoms with E-state index in [1.54, 1.807) is 12.1 Å². The average molecular weight is 342 g/mol. The van der Waals surface area contributed by atoms with E-state index in [2.05, 4.69) is 33.9 Å². The van der Waals surface area contributed by atoms with Crippen molar-refractivity contribution in [3.8, 4) is 0 Å². The summed E-state index contributed by atoms with van der Waals surface area (Å²) in [5, 5.41) is -0.206. The van der Waals surface area contributed by atoms with E-state index in [9.17, 15) is 8.42 Å². The van der Waals surface area contributed by atoms with Gasteiger partial charge in [-0.1, -0.05) is 36.4 Å². The van der Waals surface area contributed by atoms with Gasteiger partial charge in [0.1, 0.15) is 0 Å². The van der Waals surface area contributed by atoms with Gasteiger partial charge in [0, 0.05) is 25.5 Å². The van der Waals surface area contributed by atoms with Gasteiger partial charge in [-0.2, -0.15) is 0 Å². The molecule has 0 bridgehead atoms. The molecule has 0 saturated heterocycles. The first-order valence-electron chi connectivity index (χ1n) is 8.01. The van der Waals surface area contributed by atoms with Gasteiger partial charge in [0.25, 0.3) is 0 Å². The van der Waals surface area contributed by atoms with Crippen LogP contribution in [-0.4, -0.2) is 27.8 Å². The Hall–Kier alpha value is -2.27. The molecule has 0 amide bonds. The monoisotopic (exact) mass is 342 g/mol. The summed E-state index contributed by atoms with van der Waals surface area (Å²) in [5.74, 6) is 0. The minimum Gasteiger partial charge on any atom is -0.378 e. The summed E-state index contributed by atoms with van der Waals surface area (Å²) in [4.78, 5) is 2.06. The van der Waals surface area contributed by atoms with Crippen molar-refractivity contribution in [2.45, 2.75) is 18.1 Å². The Kier molecular flexibility index (Phi) is 4.62. The lowest BCUT2D eigenvalue weighted by Gasteiger charge is -2.11. The normalized spacial score (nSPS) is 14.8. The predicted octanol–water partition coefficient (Wildman–Crippen LogP) is 3.83. The van der Waals surface area contributed by atoms with Crippen LogP contribution in [0.1, 0.15) is 24.0 Å². The molecule has 1 saturated carbocycles. The van der Waals surface area contributed by atoms with Gasteiger partial charge >= 0.3 is 0 Å². The van der Waals surface area contributed by atoms with Gasteiger partial charge in [-0.3, -0.25) is 4.72 Å². The zero-order chi connectivity index (χ0) is 17.2. The van der Waals surface area contributed by atoms with Gasteiger partial charge in [-0.25, -0.2) is 8.42 Å². The number of benzene rings is 2. The number of hydrogen-bond donors (Lipinski definition) is 1. The Morgan fingerprint density at radius 3 is 1.88 bits per heavy atom. The summed E-state index contributed by atoms with van der Waals surface area (Å²) < 4.78 is 26.5. The summed E-state index contributed by atoms with van der Waals surface area (Å²) in [6.07, 6.45) is 5.60. The number of sulfonamides is 1. The summed E-state index contributed by atoms with van der Waals surface area (Å²) in [5.41, 5.74) is 3.94. The van der Waals surface area contributed by atoms with Gasteiger partial charge in [-0.15, -0.1) is 0 Å². The summed E-state index contributed by atoms with van der Waals surface area (Å²) >= 11 is 0. The second-order valence-corrected chi connectivity index (χ2v) is 8.25. The number of hydrogen-bond acceptors (Lipinski definition) is 3. The van der Waals surface area contributed by atoms with Crippen LogP contribution in [-0.2, 0) is 10.0 Å². The highest BCUT2D eigenvalue weighted by Crippen LogP contribution is 2.29. The smallest absolute Gasteiger partial charge is 0.235 e. The maximum atomic E-state index is 11.9. The number of rotatable bonds is 6. The summed E-state index contributed by atoms with van der Waals surface area (Å²) in [7, 11) is 0.844. The molecule has 0 aromatic heterocycles. The lowest BCUT2D eigenvalue weighted by atomic mass is 10.1. The molecule has 0 aliphatic heterocycles. The van der Waals surface area contributed by atoms with Gasteiger partial charge in [-0.05, 0) is 48.2 Å². The molecule has 2 aromatic rings. The van der Waals surface area contributed by atoms with Crippen LogP contribution in [0.15, 0.2) is 48.5 Å². The van der Waals surface area contributed by atoms with E-state index in [0.717, 1.165) is 24.0 Å². The molecule has 0 heterocycles. The van der Waals surface area contributed by atoms with Gasteiger partial charge in [0.2, 0.25) is 10.0 Å². The van der Waals surface area contributed by atoms with Crippen LogP contribution in [0.2, 0.25) is 0 Å². The molecule has 0 spiro atoms. The van der Waals surface area contributed by atoms with Crippen LogP contribution in [0.5, 0.6) is 0 Å². The van der Waals surface area contributed by atoms with Crippen LogP contribution in [0.4, 0.5) is 11.4 Å². The van der Waals surface area contributed by atoms with Gasteiger partial charge < -0.3 is 4.90 Å². The van der Waals surface area contributed by atoms with Crippen LogP contribution < -0.4 is 9.62 Å². The van der Waals surface area contributed by atoms with Gasteiger partial charge in [0.05, 0.1) is 5.25 Å². The van der Waals surface area contributed by atoms with Crippen LogP contribution in [0.3, 0.4) is 0 Å². The van der Waals surface area contributed by atoms with Crippen molar-refractivity contribution in [3.05, 3.63) is 59.7 Å². The van der Waals surface area contributed by atoms with Crippen molar-refractivity contribution in [1.82, 2.24) is 0 Å². The van der Waals surface area contributed by atoms with Crippen molar-refractivity contribution < 1.29 is 8.42 Å². The maximum Gasteiger partial charge on any atom is 0.235 e. The van der Waals surface area contributed by atoms with Crippen LogP contribution in [0.25, 0.3) is 12.2 Å². The molecule has 4 nitrogen and oxygen atoms in total. The Labute approximate surface area is 143 Å². The van der Waals surface area contributed by atoms with E-state index in [1.807, 2.05) is 38.4 Å². The van der Waals surface area contributed by atoms with E-state index in [0.29, 0.717) is 5.69 Å². The summed E-state index contributed by atoms with van der Waals surface area (Å²) in [6.45, 7) is 0. The molecule has 126 valence electrons. The van der Waals surface area contributed by atoms with E-state index < -0.39 is 10.0 Å². The fourth-order valence-corrected chi connectivity index (χ4v) is 3.75. The van der Waals surface area contributed by atoms with Crippen molar-refractivity contribution in [2.24, 2.45) is 0 Å². The third-order valence-corrected chi connectivity index (χ3v) is 5.88. The zero-order valence-electron chi connectivity index (χ0n) is 13.9. The van der Waals surface area contributed by atoms with Crippen molar-refractivity contribution in [1.29, 1.82) is 0 Å². The number of anilines is 2. The molecule has 1 aliphatic carbocycles. The molecular formula is C19H22N2O2S. The Balaban J connectivity index is 1.65. The molecule has 3 rings (SSSR count). The zero-order valence-corrected chi connectivity index (χ0v) is 14.8. The Bertz CT molecular complexity index is 819. The van der Waals surface area contributed by atoms with E-state index in [1.165, 1.54) is 5.69 Å². The molecular weight excluding hydrogens is 320 g/mol. The largest absolute Gasteiger partial charge is 0.378 e. The van der Waals surface area contributed by atoms with Crippen molar-refractivity contribution in [3.63, 3.8) is 0 Å². The molecule has 1 aliphatic rings. The van der Waals surface area contributed by atoms with Crippen LogP contribution >= 0.6 is 0 Å². The predicted molar refractivity (Wildman–Crippen MR) is 102 cm³/mol. The molecule has 0 radical (unpaired) electrons. The lowest BCUT2D eigenvalue weighted by molar-refractivity contribution is 0.600. The van der Waals surface area contributed by atoms with E-state index in [4.69, 9.17) is 0 Å². The second-order valence-electron chi connectivity index (χ2n) is 6.29. The molecule has 5 heteroatoms. The second kappa shape index (κ2) is 6.69. The number of nitrogens with zero attached hydrogens (tertiary/aromatic N) is 1. The fourth-order valence-electron chi connectivity index (χ4n) is 2.36. The minimum atomic E-state index is -3.19. The first-order chi connectivity index (χ1) is 11.4. The first kappa shape index (κ1) is 16.6. The fraction of sp³-hybridized carbons (Fsp3) is 0.263. The standard InChI is InChI=1S/C19H22N2O2S/c1-21(2)18-11-7-16(8-12-18)4-3-15-5-9-17(10-6-15)20-24(22,23)19-13-14-19/h3-12,19-20H,13-14H2,1-2H3. The Morgan fingerprint density at radius 2 is 1.42 bits per heavy atom. The van der Waals surface area contributed by atoms with Gasteiger partial charge in [0.15, 0.2) is 0 Å². The third kappa shape index (κ3) is 4.17. The van der Waals surface area contributed by atoms with Crippen molar-refractivity contribution >= 4 is 33.6 Å². The SMILES string of the molecule is CN(C)c1ccc(C=Cc2ccc(NS(=O)(=O)C3CC3)cc2)cc1. The first-order valence-corrected chi connectivity index (χ1v) is 9.56. The average Bonchev–Trinajstić information content (AvgIpc) is 3.40. The highest BCUT2D eigenvalue weighted by molar-refractivity contribution is 7.93. The molecule has 2 aromatic carbocycles. The Morgan fingerprint density at radius 1 is 0.917 bits per heavy atom. The lowest BCUT2D eigenvalue weighted by Crippen LogP contribution is -2.17. The van der Waals surface area contributed by atoms with E-state index >= 15 is 0 Å². The topological polar surface area (TPSA) is 49.4 Å². The highest BCUT2D eigenvalue weighted by Gasteiger charge is 2.35. The highest BCUT2D eigenvalue weighted by atomic mass is 32.2. The maximum absolute atomic E-state index is 11.9. The molecule has 0 atom stereocenters. The third-order valence-electron chi connectivity index (χ3n) is 4.01. The molecule has 0 unspecified atom stereocenters. The summed E-state index contributed by atoms with van der Waals surface area (Å²) in [6, 6.07) is 15.7. The number of nitrogens with one attached hydrogen (secondary N) is 1. The van der Waals surface area contributed by atoms with Crippen molar-refractivity contribution in [2.75, 3.05) is 23.7 Å². The van der Waals surface area contributed by atoms with E-state index in [-0.39, 0.29) is 5.25 Å². The minimum absolute atomic E-state index is 0.206. The van der Waals surface area contributed by atoms with Crippen LogP contribution in [0, 0.1) is 0 Å². The molecule has 1 fully saturated rings.